The molecule has 40 heavy (non-hydrogen) atoms. The van der Waals surface area contributed by atoms with Gasteiger partial charge in [0.25, 0.3) is 0 Å². The van der Waals surface area contributed by atoms with Crippen LogP contribution in [0.15, 0.2) is 28.0 Å². The summed E-state index contributed by atoms with van der Waals surface area (Å²) < 4.78 is 71.4. The van der Waals surface area contributed by atoms with Crippen molar-refractivity contribution in [3.8, 4) is 5.75 Å². The predicted octanol–water partition coefficient (Wildman–Crippen LogP) is 7.52. The van der Waals surface area contributed by atoms with Crippen molar-refractivity contribution >= 4 is 20.2 Å². The van der Waals surface area contributed by atoms with Crippen LogP contribution in [0.1, 0.15) is 141 Å². The van der Waals surface area contributed by atoms with Crippen molar-refractivity contribution in [2.45, 2.75) is 137 Å². The van der Waals surface area contributed by atoms with E-state index in [1.165, 1.54) is 24.5 Å². The fourth-order valence-corrected chi connectivity index (χ4v) is 10.5. The number of benzene rings is 2. The van der Waals surface area contributed by atoms with Crippen molar-refractivity contribution in [1.29, 1.82) is 0 Å². The molecular formula is C32H41O6S2-. The Hall–Kier alpha value is -1.90. The Morgan fingerprint density at radius 3 is 1.65 bits per heavy atom. The molecule has 4 aliphatic rings. The molecule has 6 rings (SSSR count). The Labute approximate surface area is 239 Å². The molecule has 0 spiro atoms. The van der Waals surface area contributed by atoms with Crippen LogP contribution in [0.4, 0.5) is 0 Å². The second kappa shape index (κ2) is 11.1. The molecule has 0 amide bonds. The molecule has 0 unspecified atom stereocenters. The van der Waals surface area contributed by atoms with Crippen molar-refractivity contribution in [1.82, 2.24) is 0 Å². The van der Waals surface area contributed by atoms with E-state index < -0.39 is 20.2 Å². The Morgan fingerprint density at radius 2 is 1.15 bits per heavy atom. The zero-order valence-electron chi connectivity index (χ0n) is 23.5. The van der Waals surface area contributed by atoms with Gasteiger partial charge in [0.2, 0.25) is 0 Å². The number of hydrogen-bond donors (Lipinski definition) is 0. The normalized spacial score (nSPS) is 21.2. The number of rotatable bonds is 7. The molecule has 2 aromatic carbocycles. The lowest BCUT2D eigenvalue weighted by Crippen LogP contribution is -2.21. The Morgan fingerprint density at radius 1 is 0.675 bits per heavy atom. The van der Waals surface area contributed by atoms with Crippen LogP contribution in [0, 0.1) is 6.92 Å². The predicted molar refractivity (Wildman–Crippen MR) is 154 cm³/mol. The van der Waals surface area contributed by atoms with Crippen LogP contribution in [0.25, 0.3) is 0 Å². The molecule has 3 saturated carbocycles. The van der Waals surface area contributed by atoms with Crippen molar-refractivity contribution in [3.63, 3.8) is 0 Å². The van der Waals surface area contributed by atoms with Gasteiger partial charge in [0.15, 0.2) is 0 Å². The van der Waals surface area contributed by atoms with Gasteiger partial charge >= 0.3 is 10.1 Å². The maximum atomic E-state index is 14.5. The van der Waals surface area contributed by atoms with Crippen LogP contribution in [-0.4, -0.2) is 21.4 Å². The van der Waals surface area contributed by atoms with Crippen LogP contribution >= 0.6 is 0 Å². The van der Waals surface area contributed by atoms with Crippen molar-refractivity contribution < 1.29 is 25.6 Å². The Bertz CT molecular complexity index is 1450. The van der Waals surface area contributed by atoms with E-state index in [9.17, 15) is 21.4 Å². The van der Waals surface area contributed by atoms with Crippen molar-refractivity contribution in [2.75, 3.05) is 0 Å². The molecule has 0 aromatic heterocycles. The summed E-state index contributed by atoms with van der Waals surface area (Å²) in [5.74, 6) is 1.13. The Balaban J connectivity index is 1.52. The minimum Gasteiger partial charge on any atom is -0.744 e. The van der Waals surface area contributed by atoms with Crippen LogP contribution in [0.2, 0.25) is 0 Å². The maximum absolute atomic E-state index is 14.5. The van der Waals surface area contributed by atoms with Gasteiger partial charge in [0.1, 0.15) is 20.8 Å². The van der Waals surface area contributed by atoms with Gasteiger partial charge in [0.05, 0.1) is 4.90 Å². The van der Waals surface area contributed by atoms with E-state index in [-0.39, 0.29) is 22.5 Å². The summed E-state index contributed by atoms with van der Waals surface area (Å²) >= 11 is 0. The first-order valence-electron chi connectivity index (χ1n) is 15.4. The van der Waals surface area contributed by atoms with E-state index in [4.69, 9.17) is 4.18 Å². The van der Waals surface area contributed by atoms with Crippen LogP contribution < -0.4 is 4.18 Å². The minimum atomic E-state index is -4.68. The Kier molecular flexibility index (Phi) is 7.81. The zero-order valence-corrected chi connectivity index (χ0v) is 25.2. The summed E-state index contributed by atoms with van der Waals surface area (Å²) in [4.78, 5) is 0.140. The third kappa shape index (κ3) is 5.36. The molecule has 0 aliphatic heterocycles. The van der Waals surface area contributed by atoms with E-state index in [2.05, 4.69) is 12.1 Å². The van der Waals surface area contributed by atoms with Gasteiger partial charge in [-0.25, -0.2) is 8.42 Å². The van der Waals surface area contributed by atoms with Gasteiger partial charge in [-0.05, 0) is 123 Å². The lowest BCUT2D eigenvalue weighted by molar-refractivity contribution is 0.458. The summed E-state index contributed by atoms with van der Waals surface area (Å²) in [6.45, 7) is 1.65. The van der Waals surface area contributed by atoms with E-state index >= 15 is 0 Å². The molecule has 0 atom stereocenters. The molecule has 4 aliphatic carbocycles. The first-order valence-corrected chi connectivity index (χ1v) is 18.2. The smallest absolute Gasteiger partial charge is 0.339 e. The highest BCUT2D eigenvalue weighted by molar-refractivity contribution is 7.87. The summed E-state index contributed by atoms with van der Waals surface area (Å²) in [5, 5.41) is 0. The van der Waals surface area contributed by atoms with Gasteiger partial charge in [0, 0.05) is 5.56 Å². The summed E-state index contributed by atoms with van der Waals surface area (Å²) in [6, 6.07) is 5.72. The first kappa shape index (κ1) is 28.2. The van der Waals surface area contributed by atoms with Gasteiger partial charge < -0.3 is 8.74 Å². The molecular weight excluding hydrogens is 544 g/mol. The largest absolute Gasteiger partial charge is 0.744 e. The van der Waals surface area contributed by atoms with Gasteiger partial charge in [-0.2, -0.15) is 8.42 Å². The number of hydrogen-bond acceptors (Lipinski definition) is 6. The highest BCUT2D eigenvalue weighted by atomic mass is 32.2. The fraction of sp³-hybridized carbons (Fsp3) is 0.625. The molecule has 0 saturated heterocycles. The van der Waals surface area contributed by atoms with E-state index in [0.717, 1.165) is 88.2 Å². The van der Waals surface area contributed by atoms with Gasteiger partial charge in [-0.3, -0.25) is 0 Å². The second-order valence-electron chi connectivity index (χ2n) is 12.6. The second-order valence-corrected chi connectivity index (χ2v) is 15.5. The first-order chi connectivity index (χ1) is 19.1. The number of fused-ring (bicyclic) bond motifs is 1. The fourth-order valence-electron chi connectivity index (χ4n) is 8.07. The average molecular weight is 586 g/mol. The monoisotopic (exact) mass is 585 g/mol. The SMILES string of the molecule is Cc1cc(S(=O)(=O)[O-])c2c(c1OS(=O)(=O)c1c(C3CCCC3)cc(C3CCCC3)cc1C1CCCC1)CCCC2. The molecule has 0 bridgehead atoms. The van der Waals surface area contributed by atoms with E-state index in [1.54, 1.807) is 6.92 Å². The molecule has 0 heterocycles. The highest BCUT2D eigenvalue weighted by Crippen LogP contribution is 2.48. The average Bonchev–Trinajstić information content (AvgIpc) is 3.72. The quantitative estimate of drug-likeness (QED) is 0.246. The standard InChI is InChI=1S/C32H42O6S2/c1-21-18-30(39(33,34)35)26-16-8-9-17-27(26)31(21)38-40(36,37)32-28(23-12-4-5-13-23)19-25(22-10-2-3-11-22)20-29(32)24-14-6-7-15-24/h18-20,22-24H,2-17H2,1H3,(H,33,34,35)/p-1. The molecule has 0 N–H and O–H groups in total. The topological polar surface area (TPSA) is 101 Å². The van der Waals surface area contributed by atoms with Crippen molar-refractivity contribution in [3.05, 3.63) is 51.6 Å². The van der Waals surface area contributed by atoms with E-state index in [1.807, 2.05) is 0 Å². The lowest BCUT2D eigenvalue weighted by Gasteiger charge is -2.27. The molecule has 218 valence electrons. The lowest BCUT2D eigenvalue weighted by atomic mass is 9.85. The third-order valence-electron chi connectivity index (χ3n) is 10.0. The van der Waals surface area contributed by atoms with Crippen LogP contribution in [0.5, 0.6) is 5.75 Å². The minimum absolute atomic E-state index is 0.206. The summed E-state index contributed by atoms with van der Waals surface area (Å²) in [6.07, 6.45) is 15.6. The molecule has 3 fully saturated rings. The van der Waals surface area contributed by atoms with Gasteiger partial charge in [-0.15, -0.1) is 0 Å². The van der Waals surface area contributed by atoms with Crippen LogP contribution in [-0.2, 0) is 33.1 Å². The molecule has 2 aromatic rings. The molecule has 0 radical (unpaired) electrons. The van der Waals surface area contributed by atoms with Crippen LogP contribution in [0.3, 0.4) is 0 Å². The molecule has 8 heteroatoms. The summed E-state index contributed by atoms with van der Waals surface area (Å²) in [5.41, 5.74) is 4.56. The third-order valence-corrected chi connectivity index (χ3v) is 12.3. The van der Waals surface area contributed by atoms with Gasteiger partial charge in [-0.1, -0.05) is 50.7 Å². The zero-order chi connectivity index (χ0) is 28.1. The molecule has 6 nitrogen and oxygen atoms in total. The van der Waals surface area contributed by atoms with Crippen molar-refractivity contribution in [2.24, 2.45) is 0 Å². The number of aryl methyl sites for hydroxylation is 1. The van der Waals surface area contributed by atoms with E-state index in [0.29, 0.717) is 40.3 Å². The highest BCUT2D eigenvalue weighted by Gasteiger charge is 2.36. The maximum Gasteiger partial charge on any atom is 0.339 e. The summed E-state index contributed by atoms with van der Waals surface area (Å²) in [7, 11) is -8.90.